The minimum absolute atomic E-state index is 0.0429. The highest BCUT2D eigenvalue weighted by molar-refractivity contribution is 6.32. The van der Waals surface area contributed by atoms with Gasteiger partial charge in [0, 0.05) is 18.0 Å². The molecular formula is C23H23ClFN5O3. The molecule has 2 bridgehead atoms. The number of fused-ring (bicyclic) bond motifs is 2. The molecule has 4 fully saturated rings. The zero-order chi connectivity index (χ0) is 22.4. The first-order valence-electron chi connectivity index (χ1n) is 11.1. The molecule has 0 amide bonds. The number of pyridine rings is 1. The van der Waals surface area contributed by atoms with Crippen molar-refractivity contribution in [2.75, 3.05) is 31.6 Å². The molecule has 10 heteroatoms. The highest BCUT2D eigenvalue weighted by atomic mass is 35.5. The number of benzene rings is 1. The summed E-state index contributed by atoms with van der Waals surface area (Å²) in [6, 6.07) is 6.83. The molecule has 1 atom stereocenters. The van der Waals surface area contributed by atoms with Crippen molar-refractivity contribution in [2.24, 2.45) is 5.41 Å². The zero-order valence-corrected chi connectivity index (χ0v) is 18.6. The van der Waals surface area contributed by atoms with Gasteiger partial charge in [-0.25, -0.2) is 19.3 Å². The zero-order valence-electron chi connectivity index (χ0n) is 17.8. The molecule has 172 valence electrons. The van der Waals surface area contributed by atoms with Crippen molar-refractivity contribution >= 4 is 34.1 Å². The number of rotatable bonds is 7. The topological polar surface area (TPSA) is 90.4 Å². The van der Waals surface area contributed by atoms with Gasteiger partial charge in [-0.05, 0) is 44.0 Å². The molecule has 0 unspecified atom stereocenters. The smallest absolute Gasteiger partial charge is 0.214 e. The van der Waals surface area contributed by atoms with Crippen molar-refractivity contribution in [1.82, 2.24) is 20.3 Å². The van der Waals surface area contributed by atoms with E-state index in [2.05, 4.69) is 25.6 Å². The Kier molecular flexibility index (Phi) is 5.20. The Balaban J connectivity index is 1.22. The average molecular weight is 472 g/mol. The summed E-state index contributed by atoms with van der Waals surface area (Å²) < 4.78 is 32.5. The Labute approximate surface area is 194 Å². The van der Waals surface area contributed by atoms with Gasteiger partial charge in [-0.1, -0.05) is 11.6 Å². The first-order valence-corrected chi connectivity index (χ1v) is 11.4. The molecular weight excluding hydrogens is 449 g/mol. The van der Waals surface area contributed by atoms with Crippen LogP contribution in [0.1, 0.15) is 19.3 Å². The highest BCUT2D eigenvalue weighted by Gasteiger charge is 2.52. The van der Waals surface area contributed by atoms with Crippen molar-refractivity contribution in [3.63, 3.8) is 0 Å². The second kappa shape index (κ2) is 8.23. The van der Waals surface area contributed by atoms with Gasteiger partial charge in [0.1, 0.15) is 28.7 Å². The third kappa shape index (κ3) is 3.94. The van der Waals surface area contributed by atoms with Crippen LogP contribution < -0.4 is 20.1 Å². The Morgan fingerprint density at radius 3 is 2.94 bits per heavy atom. The molecule has 3 aliphatic heterocycles. The number of nitrogens with one attached hydrogen (secondary N) is 2. The van der Waals surface area contributed by atoms with Crippen LogP contribution in [0.25, 0.3) is 11.0 Å². The number of hydrogen-bond donors (Lipinski definition) is 2. The first kappa shape index (κ1) is 20.8. The number of ether oxygens (including phenoxy) is 3. The molecule has 1 aliphatic carbocycles. The predicted molar refractivity (Wildman–Crippen MR) is 121 cm³/mol. The van der Waals surface area contributed by atoms with E-state index in [0.29, 0.717) is 47.8 Å². The van der Waals surface area contributed by atoms with Crippen LogP contribution in [0.15, 0.2) is 30.6 Å². The molecule has 2 N–H and O–H groups in total. The van der Waals surface area contributed by atoms with E-state index >= 15 is 4.39 Å². The fourth-order valence-electron chi connectivity index (χ4n) is 4.67. The molecule has 1 aromatic carbocycles. The van der Waals surface area contributed by atoms with Crippen molar-refractivity contribution in [2.45, 2.75) is 31.5 Å². The summed E-state index contributed by atoms with van der Waals surface area (Å²) >= 11 is 6.30. The van der Waals surface area contributed by atoms with Crippen molar-refractivity contribution in [3.05, 3.63) is 41.4 Å². The number of halogens is 2. The monoisotopic (exact) mass is 471 g/mol. The lowest BCUT2D eigenvalue weighted by Gasteiger charge is -2.34. The quantitative estimate of drug-likeness (QED) is 0.537. The second-order valence-electron chi connectivity index (χ2n) is 8.97. The second-order valence-corrected chi connectivity index (χ2v) is 9.34. The maximum absolute atomic E-state index is 15.1. The summed E-state index contributed by atoms with van der Waals surface area (Å²) in [5, 5.41) is 6.18. The molecule has 0 spiro atoms. The lowest BCUT2D eigenvalue weighted by Crippen LogP contribution is -2.38. The molecule has 3 aromatic rings. The third-order valence-corrected chi connectivity index (χ3v) is 6.89. The molecule has 8 nitrogen and oxygen atoms in total. The SMILES string of the molecule is Fc1c(Nc2ncnc3ccc(O[C@H]4CCNC4)nc23)ccc(OCC23COC(C2)C3)c1Cl. The van der Waals surface area contributed by atoms with Crippen LogP contribution >= 0.6 is 11.6 Å². The maximum atomic E-state index is 15.1. The summed E-state index contributed by atoms with van der Waals surface area (Å²) in [5.74, 6) is 0.541. The van der Waals surface area contributed by atoms with Crippen LogP contribution in [0, 0.1) is 11.2 Å². The number of nitrogens with zero attached hydrogens (tertiary/aromatic N) is 3. The molecule has 2 aromatic heterocycles. The molecule has 33 heavy (non-hydrogen) atoms. The minimum atomic E-state index is -0.614. The van der Waals surface area contributed by atoms with E-state index in [4.69, 9.17) is 25.8 Å². The van der Waals surface area contributed by atoms with Gasteiger partial charge in [0.05, 0.1) is 30.5 Å². The summed E-state index contributed by atoms with van der Waals surface area (Å²) in [6.45, 7) is 2.86. The van der Waals surface area contributed by atoms with Crippen molar-refractivity contribution in [1.29, 1.82) is 0 Å². The van der Waals surface area contributed by atoms with E-state index in [-0.39, 0.29) is 22.2 Å². The van der Waals surface area contributed by atoms with Gasteiger partial charge in [-0.3, -0.25) is 0 Å². The largest absolute Gasteiger partial charge is 0.491 e. The molecule has 4 aliphatic rings. The fourth-order valence-corrected chi connectivity index (χ4v) is 4.89. The van der Waals surface area contributed by atoms with E-state index in [1.54, 1.807) is 18.2 Å². The Hall–Kier alpha value is -2.75. The van der Waals surface area contributed by atoms with Gasteiger partial charge in [0.15, 0.2) is 11.6 Å². The van der Waals surface area contributed by atoms with Gasteiger partial charge in [0.25, 0.3) is 0 Å². The predicted octanol–water partition coefficient (Wildman–Crippen LogP) is 3.86. The van der Waals surface area contributed by atoms with Crippen LogP contribution in [0.3, 0.4) is 0 Å². The first-order chi connectivity index (χ1) is 16.1. The number of hydrogen-bond acceptors (Lipinski definition) is 8. The van der Waals surface area contributed by atoms with E-state index in [0.717, 1.165) is 32.4 Å². The van der Waals surface area contributed by atoms with E-state index < -0.39 is 5.82 Å². The summed E-state index contributed by atoms with van der Waals surface area (Å²) in [5.41, 5.74) is 1.32. The summed E-state index contributed by atoms with van der Waals surface area (Å²) in [4.78, 5) is 13.1. The molecule has 0 radical (unpaired) electrons. The number of aromatic nitrogens is 3. The molecule has 1 saturated carbocycles. The van der Waals surface area contributed by atoms with E-state index in [1.165, 1.54) is 6.33 Å². The van der Waals surface area contributed by atoms with Crippen LogP contribution in [0.2, 0.25) is 5.02 Å². The standard InChI is InChI=1S/C23H23ClFN5O3/c24-19-17(32-11-23-7-14(8-23)31-10-23)3-1-15(20(19)25)29-22-21-16(27-12-28-22)2-4-18(30-21)33-13-5-6-26-9-13/h1-4,12-14,26H,5-11H2,(H,27,28,29)/t13-,14?,23?/m0/s1. The summed E-state index contributed by atoms with van der Waals surface area (Å²) in [7, 11) is 0. The molecule has 3 saturated heterocycles. The minimum Gasteiger partial charge on any atom is -0.491 e. The maximum Gasteiger partial charge on any atom is 0.214 e. The lowest BCUT2D eigenvalue weighted by atomic mass is 9.71. The fraction of sp³-hybridized carbons (Fsp3) is 0.435. The normalized spacial score (nSPS) is 25.8. The van der Waals surface area contributed by atoms with Crippen LogP contribution in [-0.4, -0.2) is 53.5 Å². The van der Waals surface area contributed by atoms with E-state index in [9.17, 15) is 0 Å². The van der Waals surface area contributed by atoms with E-state index in [1.807, 2.05) is 6.07 Å². The number of anilines is 2. The molecule has 7 rings (SSSR count). The van der Waals surface area contributed by atoms with Crippen LogP contribution in [-0.2, 0) is 4.74 Å². The highest BCUT2D eigenvalue weighted by Crippen LogP contribution is 2.50. The van der Waals surface area contributed by atoms with Crippen LogP contribution in [0.5, 0.6) is 11.6 Å². The van der Waals surface area contributed by atoms with Crippen molar-refractivity contribution in [3.8, 4) is 11.6 Å². The van der Waals surface area contributed by atoms with Gasteiger partial charge in [0.2, 0.25) is 5.88 Å². The van der Waals surface area contributed by atoms with Crippen molar-refractivity contribution < 1.29 is 18.6 Å². The van der Waals surface area contributed by atoms with Gasteiger partial charge >= 0.3 is 0 Å². The van der Waals surface area contributed by atoms with Gasteiger partial charge in [-0.15, -0.1) is 0 Å². The Morgan fingerprint density at radius 2 is 2.15 bits per heavy atom. The Morgan fingerprint density at radius 1 is 1.24 bits per heavy atom. The van der Waals surface area contributed by atoms with Gasteiger partial charge in [-0.2, -0.15) is 0 Å². The third-order valence-electron chi connectivity index (χ3n) is 6.54. The van der Waals surface area contributed by atoms with Gasteiger partial charge < -0.3 is 24.8 Å². The van der Waals surface area contributed by atoms with Crippen LogP contribution in [0.4, 0.5) is 15.9 Å². The Bertz CT molecular complexity index is 1190. The summed E-state index contributed by atoms with van der Waals surface area (Å²) in [6.07, 6.45) is 4.72. The molecule has 5 heterocycles. The lowest BCUT2D eigenvalue weighted by molar-refractivity contribution is 0.0821. The average Bonchev–Trinajstić information content (AvgIpc) is 3.55.